The van der Waals surface area contributed by atoms with Crippen LogP contribution in [0.4, 0.5) is 0 Å². The first kappa shape index (κ1) is 13.0. The summed E-state index contributed by atoms with van der Waals surface area (Å²) in [5, 5.41) is 5.22. The fourth-order valence-electron chi connectivity index (χ4n) is 2.03. The third-order valence-electron chi connectivity index (χ3n) is 3.15. The van der Waals surface area contributed by atoms with Crippen LogP contribution in [0.15, 0.2) is 40.8 Å². The number of thiophene rings is 1. The maximum Gasteiger partial charge on any atom is 0.268 e. The topological polar surface area (TPSA) is 70.7 Å². The molecule has 3 heterocycles. The van der Waals surface area contributed by atoms with Gasteiger partial charge in [0.1, 0.15) is 10.5 Å². The molecule has 0 aromatic carbocycles. The molecule has 0 saturated carbocycles. The highest BCUT2D eigenvalue weighted by atomic mass is 32.1. The molecule has 0 bridgehead atoms. The molecule has 3 rings (SSSR count). The van der Waals surface area contributed by atoms with Crippen LogP contribution < -0.4 is 10.9 Å². The van der Waals surface area contributed by atoms with Gasteiger partial charge < -0.3 is 10.3 Å². The van der Waals surface area contributed by atoms with Gasteiger partial charge in [-0.15, -0.1) is 11.3 Å². The fraction of sp³-hybridized carbons (Fsp3) is 0.214. The highest BCUT2D eigenvalue weighted by Gasteiger charge is 2.07. The summed E-state index contributed by atoms with van der Waals surface area (Å²) in [6, 6.07) is 5.97. The summed E-state index contributed by atoms with van der Waals surface area (Å²) in [4.78, 5) is 23.1. The molecule has 6 heteroatoms. The molecular formula is C14H14N4OS. The number of rotatable bonds is 4. The fourth-order valence-corrected chi connectivity index (χ4v) is 2.75. The zero-order chi connectivity index (χ0) is 13.9. The van der Waals surface area contributed by atoms with Gasteiger partial charge in [0.25, 0.3) is 5.56 Å². The lowest BCUT2D eigenvalue weighted by Crippen LogP contribution is -2.21. The smallest absolute Gasteiger partial charge is 0.268 e. The molecule has 0 aliphatic heterocycles. The zero-order valence-electron chi connectivity index (χ0n) is 11.0. The van der Waals surface area contributed by atoms with Crippen LogP contribution in [0.25, 0.3) is 10.2 Å². The Labute approximate surface area is 119 Å². The van der Waals surface area contributed by atoms with E-state index in [4.69, 9.17) is 0 Å². The SMILES string of the molecule is C[C@H](NCc1nc2ccsc2c(=O)[nH]1)c1ccncc1. The first-order chi connectivity index (χ1) is 9.74. The quantitative estimate of drug-likeness (QED) is 0.771. The van der Waals surface area contributed by atoms with E-state index in [1.807, 2.05) is 23.6 Å². The Kier molecular flexibility index (Phi) is 3.58. The number of nitrogens with one attached hydrogen (secondary N) is 2. The average Bonchev–Trinajstić information content (AvgIpc) is 2.94. The maximum atomic E-state index is 11.9. The Bertz CT molecular complexity index is 765. The monoisotopic (exact) mass is 286 g/mol. The van der Waals surface area contributed by atoms with E-state index in [2.05, 4.69) is 27.2 Å². The van der Waals surface area contributed by atoms with E-state index in [0.29, 0.717) is 17.1 Å². The predicted octanol–water partition coefficient (Wildman–Crippen LogP) is 2.23. The van der Waals surface area contributed by atoms with E-state index >= 15 is 0 Å². The van der Waals surface area contributed by atoms with Gasteiger partial charge in [-0.25, -0.2) is 4.98 Å². The van der Waals surface area contributed by atoms with Crippen molar-refractivity contribution < 1.29 is 0 Å². The third kappa shape index (κ3) is 2.61. The van der Waals surface area contributed by atoms with Crippen molar-refractivity contribution in [3.05, 3.63) is 57.7 Å². The maximum absolute atomic E-state index is 11.9. The molecule has 1 atom stereocenters. The number of H-pyrrole nitrogens is 1. The van der Waals surface area contributed by atoms with Gasteiger partial charge in [-0.3, -0.25) is 9.78 Å². The van der Waals surface area contributed by atoms with E-state index in [1.165, 1.54) is 11.3 Å². The van der Waals surface area contributed by atoms with Crippen LogP contribution >= 0.6 is 11.3 Å². The molecule has 5 nitrogen and oxygen atoms in total. The second kappa shape index (κ2) is 5.52. The van der Waals surface area contributed by atoms with E-state index in [9.17, 15) is 4.79 Å². The Morgan fingerprint density at radius 2 is 2.15 bits per heavy atom. The van der Waals surface area contributed by atoms with Crippen molar-refractivity contribution in [2.24, 2.45) is 0 Å². The van der Waals surface area contributed by atoms with Crippen molar-refractivity contribution in [2.45, 2.75) is 19.5 Å². The number of hydrogen-bond donors (Lipinski definition) is 2. The highest BCUT2D eigenvalue weighted by molar-refractivity contribution is 7.17. The summed E-state index contributed by atoms with van der Waals surface area (Å²) in [6.07, 6.45) is 3.54. The Morgan fingerprint density at radius 1 is 1.35 bits per heavy atom. The number of aromatic amines is 1. The summed E-state index contributed by atoms with van der Waals surface area (Å²) >= 11 is 1.41. The minimum atomic E-state index is -0.0710. The van der Waals surface area contributed by atoms with Gasteiger partial charge in [0, 0.05) is 18.4 Å². The van der Waals surface area contributed by atoms with Crippen LogP contribution in [0, 0.1) is 0 Å². The van der Waals surface area contributed by atoms with Gasteiger partial charge in [-0.05, 0) is 36.1 Å². The Morgan fingerprint density at radius 3 is 2.95 bits per heavy atom. The van der Waals surface area contributed by atoms with E-state index in [-0.39, 0.29) is 11.6 Å². The molecule has 0 aliphatic rings. The average molecular weight is 286 g/mol. The molecule has 0 spiro atoms. The van der Waals surface area contributed by atoms with Gasteiger partial charge in [-0.1, -0.05) is 0 Å². The lowest BCUT2D eigenvalue weighted by Gasteiger charge is -2.13. The van der Waals surface area contributed by atoms with Gasteiger partial charge in [0.15, 0.2) is 0 Å². The van der Waals surface area contributed by atoms with Gasteiger partial charge >= 0.3 is 0 Å². The van der Waals surface area contributed by atoms with Crippen molar-refractivity contribution in [3.8, 4) is 0 Å². The van der Waals surface area contributed by atoms with Crippen LogP contribution in [-0.4, -0.2) is 15.0 Å². The van der Waals surface area contributed by atoms with Gasteiger partial charge in [-0.2, -0.15) is 0 Å². The van der Waals surface area contributed by atoms with E-state index < -0.39 is 0 Å². The number of hydrogen-bond acceptors (Lipinski definition) is 5. The van der Waals surface area contributed by atoms with Gasteiger partial charge in [0.2, 0.25) is 0 Å². The molecule has 0 aliphatic carbocycles. The normalized spacial score (nSPS) is 12.7. The minimum Gasteiger partial charge on any atom is -0.308 e. The summed E-state index contributed by atoms with van der Waals surface area (Å²) < 4.78 is 0.677. The minimum absolute atomic E-state index is 0.0710. The second-order valence-electron chi connectivity index (χ2n) is 4.53. The van der Waals surface area contributed by atoms with Crippen molar-refractivity contribution in [1.82, 2.24) is 20.3 Å². The van der Waals surface area contributed by atoms with Crippen LogP contribution in [0.5, 0.6) is 0 Å². The number of fused-ring (bicyclic) bond motifs is 1. The summed E-state index contributed by atoms with van der Waals surface area (Å²) in [6.45, 7) is 2.58. The molecule has 102 valence electrons. The third-order valence-corrected chi connectivity index (χ3v) is 4.05. The first-order valence-corrected chi connectivity index (χ1v) is 7.22. The van der Waals surface area contributed by atoms with Crippen LogP contribution in [0.1, 0.15) is 24.4 Å². The lowest BCUT2D eigenvalue weighted by atomic mass is 10.1. The van der Waals surface area contributed by atoms with Gasteiger partial charge in [0.05, 0.1) is 12.1 Å². The molecule has 0 fully saturated rings. The van der Waals surface area contributed by atoms with E-state index in [0.717, 1.165) is 11.1 Å². The molecule has 20 heavy (non-hydrogen) atoms. The molecule has 2 N–H and O–H groups in total. The lowest BCUT2D eigenvalue weighted by molar-refractivity contribution is 0.559. The Balaban J connectivity index is 1.75. The molecular weight excluding hydrogens is 272 g/mol. The zero-order valence-corrected chi connectivity index (χ0v) is 11.8. The molecule has 0 radical (unpaired) electrons. The predicted molar refractivity (Wildman–Crippen MR) is 79.7 cm³/mol. The van der Waals surface area contributed by atoms with Crippen molar-refractivity contribution in [3.63, 3.8) is 0 Å². The molecule has 0 unspecified atom stereocenters. The van der Waals surface area contributed by atoms with Crippen LogP contribution in [-0.2, 0) is 6.54 Å². The van der Waals surface area contributed by atoms with E-state index in [1.54, 1.807) is 12.4 Å². The molecule has 0 saturated heterocycles. The summed E-state index contributed by atoms with van der Waals surface area (Å²) in [5.74, 6) is 0.654. The molecule has 0 amide bonds. The van der Waals surface area contributed by atoms with Crippen LogP contribution in [0.2, 0.25) is 0 Å². The standard InChI is InChI=1S/C14H14N4OS/c1-9(10-2-5-15-6-3-10)16-8-12-17-11-4-7-20-13(11)14(19)18-12/h2-7,9,16H,8H2,1H3,(H,17,18,19)/t9-/m0/s1. The summed E-state index contributed by atoms with van der Waals surface area (Å²) in [5.41, 5.74) is 1.84. The first-order valence-electron chi connectivity index (χ1n) is 6.34. The Hall–Kier alpha value is -2.05. The van der Waals surface area contributed by atoms with Crippen LogP contribution in [0.3, 0.4) is 0 Å². The second-order valence-corrected chi connectivity index (χ2v) is 5.45. The molecule has 3 aromatic rings. The van der Waals surface area contributed by atoms with Crippen molar-refractivity contribution >= 4 is 21.6 Å². The van der Waals surface area contributed by atoms with Crippen molar-refractivity contribution in [2.75, 3.05) is 0 Å². The number of nitrogens with zero attached hydrogens (tertiary/aromatic N) is 2. The number of pyridine rings is 1. The molecule has 3 aromatic heterocycles. The highest BCUT2D eigenvalue weighted by Crippen LogP contribution is 2.14. The number of aromatic nitrogens is 3. The van der Waals surface area contributed by atoms with Crippen molar-refractivity contribution in [1.29, 1.82) is 0 Å². The largest absolute Gasteiger partial charge is 0.308 e. The summed E-state index contributed by atoms with van der Waals surface area (Å²) in [7, 11) is 0.